The highest BCUT2D eigenvalue weighted by Gasteiger charge is 2.40. The van der Waals surface area contributed by atoms with Crippen molar-refractivity contribution in [2.24, 2.45) is 0 Å². The number of nitrogens with zero attached hydrogens (tertiary/aromatic N) is 1. The summed E-state index contributed by atoms with van der Waals surface area (Å²) in [5.74, 6) is -1.77. The highest BCUT2D eigenvalue weighted by Crippen LogP contribution is 2.42. The van der Waals surface area contributed by atoms with E-state index in [9.17, 15) is 23.7 Å². The third-order valence-corrected chi connectivity index (χ3v) is 3.36. The summed E-state index contributed by atoms with van der Waals surface area (Å²) < 4.78 is 34.1. The number of aromatic nitrogens is 2. The molecule has 12 heteroatoms. The maximum Gasteiger partial charge on any atom is 0.524 e. The Labute approximate surface area is 121 Å². The van der Waals surface area contributed by atoms with Crippen molar-refractivity contribution in [1.82, 2.24) is 9.55 Å². The van der Waals surface area contributed by atoms with Gasteiger partial charge in [-0.15, -0.1) is 0 Å². The van der Waals surface area contributed by atoms with Crippen LogP contribution in [0.4, 0.5) is 4.39 Å². The fourth-order valence-corrected chi connectivity index (χ4v) is 2.40. The fraction of sp³-hybridized carbons (Fsp3) is 0.400. The molecule has 10 nitrogen and oxygen atoms in total. The molecule has 0 bridgehead atoms. The van der Waals surface area contributed by atoms with Gasteiger partial charge in [-0.3, -0.25) is 24.1 Å². The molecule has 0 radical (unpaired) electrons. The van der Waals surface area contributed by atoms with Crippen LogP contribution in [0, 0.1) is 5.82 Å². The van der Waals surface area contributed by atoms with E-state index >= 15 is 0 Å². The first-order valence-electron chi connectivity index (χ1n) is 5.87. The lowest BCUT2D eigenvalue weighted by atomic mass is 10.1. The first kappa shape index (κ1) is 16.6. The van der Waals surface area contributed by atoms with Crippen LogP contribution in [0.1, 0.15) is 12.6 Å². The lowest BCUT2D eigenvalue weighted by molar-refractivity contribution is -0.0193. The van der Waals surface area contributed by atoms with Gasteiger partial charge in [-0.25, -0.2) is 9.36 Å². The van der Waals surface area contributed by atoms with Crippen LogP contribution in [-0.2, 0) is 13.8 Å². The number of rotatable bonds is 4. The summed E-state index contributed by atoms with van der Waals surface area (Å²) in [5.41, 5.74) is -2.17. The maximum atomic E-state index is 13.2. The fourth-order valence-electron chi connectivity index (χ4n) is 1.99. The van der Waals surface area contributed by atoms with E-state index in [0.717, 1.165) is 0 Å². The Balaban J connectivity index is 2.23. The Kier molecular flexibility index (Phi) is 4.36. The largest absolute Gasteiger partial charge is 0.524 e. The minimum Gasteiger partial charge on any atom is -0.406 e. The number of ether oxygens (including phenoxy) is 1. The zero-order chi connectivity index (χ0) is 16.7. The van der Waals surface area contributed by atoms with Crippen molar-refractivity contribution in [3.63, 3.8) is 0 Å². The molecule has 2 rings (SSSR count). The van der Waals surface area contributed by atoms with Gasteiger partial charge in [0, 0.05) is 6.42 Å². The number of halogens is 1. The van der Waals surface area contributed by atoms with Crippen LogP contribution in [0.25, 0.3) is 0 Å². The van der Waals surface area contributed by atoms with E-state index in [1.165, 1.54) is 0 Å². The molecule has 0 aliphatic carbocycles. The molecule has 0 aromatic carbocycles. The molecule has 1 saturated heterocycles. The average molecular weight is 338 g/mol. The molecule has 0 unspecified atom stereocenters. The van der Waals surface area contributed by atoms with Crippen LogP contribution in [0.2, 0.25) is 0 Å². The Morgan fingerprint density at radius 1 is 1.55 bits per heavy atom. The lowest BCUT2D eigenvalue weighted by Gasteiger charge is -2.18. The van der Waals surface area contributed by atoms with Crippen LogP contribution in [0.3, 0.4) is 0 Å². The predicted molar refractivity (Wildman–Crippen MR) is 68.1 cm³/mol. The number of aliphatic hydroxyl groups excluding tert-OH is 1. The molecule has 1 aromatic heterocycles. The van der Waals surface area contributed by atoms with Crippen LogP contribution < -0.4 is 11.2 Å². The van der Waals surface area contributed by atoms with Gasteiger partial charge < -0.3 is 14.4 Å². The zero-order valence-corrected chi connectivity index (χ0v) is 11.8. The van der Waals surface area contributed by atoms with Gasteiger partial charge in [0.2, 0.25) is 5.82 Å². The molecule has 2 heterocycles. The first-order chi connectivity index (χ1) is 10.1. The van der Waals surface area contributed by atoms with E-state index in [1.54, 1.807) is 4.98 Å². The van der Waals surface area contributed by atoms with Gasteiger partial charge in [0.25, 0.3) is 5.56 Å². The van der Waals surface area contributed by atoms with Gasteiger partial charge in [-0.05, 0) is 0 Å². The Hall–Kier alpha value is -1.78. The predicted octanol–water partition coefficient (Wildman–Crippen LogP) is -1.05. The van der Waals surface area contributed by atoms with E-state index < -0.39 is 49.1 Å². The van der Waals surface area contributed by atoms with Crippen molar-refractivity contribution in [3.05, 3.63) is 45.2 Å². The zero-order valence-electron chi connectivity index (χ0n) is 10.9. The Morgan fingerprint density at radius 3 is 2.77 bits per heavy atom. The first-order valence-corrected chi connectivity index (χ1v) is 7.40. The second kappa shape index (κ2) is 5.78. The van der Waals surface area contributed by atoms with Crippen molar-refractivity contribution in [2.75, 3.05) is 0 Å². The molecule has 1 aliphatic heterocycles. The Morgan fingerprint density at radius 2 is 2.18 bits per heavy atom. The topological polar surface area (TPSA) is 151 Å². The number of H-pyrrole nitrogens is 1. The monoisotopic (exact) mass is 338 g/mol. The molecule has 1 aromatic rings. The maximum absolute atomic E-state index is 13.2. The van der Waals surface area contributed by atoms with E-state index in [1.807, 2.05) is 0 Å². The number of phosphoric ester groups is 1. The second-order valence-electron chi connectivity index (χ2n) is 4.51. The van der Waals surface area contributed by atoms with Crippen molar-refractivity contribution in [2.45, 2.75) is 24.9 Å². The molecule has 22 heavy (non-hydrogen) atoms. The number of aliphatic hydroxyl groups is 1. The SMILES string of the molecule is C=C(OP(=O)(O)O)[C@H]1O[C@@H](n2cc(F)c(=O)[nH]c2=O)C[C@@H]1O. The van der Waals surface area contributed by atoms with Crippen molar-refractivity contribution >= 4 is 7.82 Å². The minimum absolute atomic E-state index is 0.209. The van der Waals surface area contributed by atoms with E-state index in [-0.39, 0.29) is 6.42 Å². The summed E-state index contributed by atoms with van der Waals surface area (Å²) in [7, 11) is -4.88. The Bertz CT molecular complexity index is 752. The van der Waals surface area contributed by atoms with Gasteiger partial charge in [-0.2, -0.15) is 4.39 Å². The summed E-state index contributed by atoms with van der Waals surface area (Å²) in [4.78, 5) is 41.6. The van der Waals surface area contributed by atoms with Gasteiger partial charge >= 0.3 is 13.5 Å². The van der Waals surface area contributed by atoms with Crippen LogP contribution in [-0.4, -0.2) is 36.7 Å². The summed E-state index contributed by atoms with van der Waals surface area (Å²) in [6.45, 7) is 3.24. The molecule has 0 amide bonds. The number of hydrogen-bond donors (Lipinski definition) is 4. The third-order valence-electron chi connectivity index (χ3n) is 2.88. The smallest absolute Gasteiger partial charge is 0.406 e. The van der Waals surface area contributed by atoms with Crippen LogP contribution in [0.5, 0.6) is 0 Å². The van der Waals surface area contributed by atoms with E-state index in [4.69, 9.17) is 14.5 Å². The summed E-state index contributed by atoms with van der Waals surface area (Å²) in [6, 6.07) is 0. The van der Waals surface area contributed by atoms with Crippen LogP contribution >= 0.6 is 7.82 Å². The van der Waals surface area contributed by atoms with E-state index in [2.05, 4.69) is 11.1 Å². The minimum atomic E-state index is -4.88. The molecular weight excluding hydrogens is 326 g/mol. The van der Waals surface area contributed by atoms with Crippen molar-refractivity contribution in [1.29, 1.82) is 0 Å². The quantitative estimate of drug-likeness (QED) is 0.401. The molecule has 3 atom stereocenters. The summed E-state index contributed by atoms with van der Waals surface area (Å²) in [6.07, 6.45) is -3.41. The highest BCUT2D eigenvalue weighted by molar-refractivity contribution is 7.46. The van der Waals surface area contributed by atoms with Crippen molar-refractivity contribution in [3.8, 4) is 0 Å². The average Bonchev–Trinajstić information content (AvgIpc) is 2.73. The lowest BCUT2D eigenvalue weighted by Crippen LogP contribution is -2.34. The van der Waals surface area contributed by atoms with Crippen LogP contribution in [0.15, 0.2) is 28.1 Å². The van der Waals surface area contributed by atoms with E-state index in [0.29, 0.717) is 10.8 Å². The molecule has 122 valence electrons. The molecule has 4 N–H and O–H groups in total. The standard InChI is InChI=1S/C10H12FN2O8P/c1-4(21-22(17,18)19)8-6(14)2-7(20-8)13-3-5(11)9(15)12-10(13)16/h3,6-8,14H,1-2H2,(H,12,15,16)(H2,17,18,19)/t6-,7+,8+/m0/s1. The number of nitrogens with one attached hydrogen (secondary N) is 1. The van der Waals surface area contributed by atoms with Gasteiger partial charge in [0.15, 0.2) is 0 Å². The highest BCUT2D eigenvalue weighted by atomic mass is 31.2. The van der Waals surface area contributed by atoms with Gasteiger partial charge in [-0.1, -0.05) is 6.58 Å². The molecular formula is C10H12FN2O8P. The van der Waals surface area contributed by atoms with Gasteiger partial charge in [0.05, 0.1) is 12.3 Å². The second-order valence-corrected chi connectivity index (χ2v) is 5.67. The third kappa shape index (κ3) is 3.51. The number of phosphoric acid groups is 1. The molecule has 1 aliphatic rings. The normalized spacial score (nSPS) is 25.2. The number of hydrogen-bond acceptors (Lipinski definition) is 6. The molecule has 0 spiro atoms. The summed E-state index contributed by atoms with van der Waals surface area (Å²) in [5, 5.41) is 9.80. The molecule has 1 fully saturated rings. The number of aromatic amines is 1. The molecule has 0 saturated carbocycles. The van der Waals surface area contributed by atoms with Crippen molar-refractivity contribution < 1.29 is 33.1 Å². The van der Waals surface area contributed by atoms with Gasteiger partial charge in [0.1, 0.15) is 18.1 Å². The summed E-state index contributed by atoms with van der Waals surface area (Å²) >= 11 is 0.